The number of aromatic amines is 1. The molecule has 0 saturated carbocycles. The number of fused-ring (bicyclic) bond motifs is 1. The molecule has 0 radical (unpaired) electrons. The molecule has 2 N–H and O–H groups in total. The molecule has 0 amide bonds. The first-order valence-corrected chi connectivity index (χ1v) is 4.51. The van der Waals surface area contributed by atoms with Gasteiger partial charge >= 0.3 is 0 Å². The van der Waals surface area contributed by atoms with Crippen LogP contribution in [0.2, 0.25) is 5.02 Å². The van der Waals surface area contributed by atoms with Crippen LogP contribution in [0.5, 0.6) is 5.75 Å². The van der Waals surface area contributed by atoms with Crippen LogP contribution in [0.4, 0.5) is 0 Å². The molecular formula is C8H5BrClNO. The van der Waals surface area contributed by atoms with E-state index in [9.17, 15) is 5.11 Å². The van der Waals surface area contributed by atoms with Gasteiger partial charge in [-0.1, -0.05) is 27.5 Å². The number of aromatic hydroxyl groups is 1. The summed E-state index contributed by atoms with van der Waals surface area (Å²) in [6, 6.07) is 3.54. The largest absolute Gasteiger partial charge is 0.504 e. The highest BCUT2D eigenvalue weighted by atomic mass is 79.9. The minimum atomic E-state index is 0.0971. The lowest BCUT2D eigenvalue weighted by molar-refractivity contribution is 0.481. The molecule has 2 rings (SSSR count). The summed E-state index contributed by atoms with van der Waals surface area (Å²) >= 11 is 9.10. The van der Waals surface area contributed by atoms with Crippen LogP contribution in [0.15, 0.2) is 22.8 Å². The third-order valence-electron chi connectivity index (χ3n) is 1.72. The van der Waals surface area contributed by atoms with Crippen molar-refractivity contribution in [1.29, 1.82) is 0 Å². The average Bonchev–Trinajstić information content (AvgIpc) is 2.48. The van der Waals surface area contributed by atoms with Crippen LogP contribution in [0.3, 0.4) is 0 Å². The van der Waals surface area contributed by atoms with E-state index in [2.05, 4.69) is 20.9 Å². The lowest BCUT2D eigenvalue weighted by Crippen LogP contribution is -1.74. The second-order valence-corrected chi connectivity index (χ2v) is 3.72. The van der Waals surface area contributed by atoms with Crippen molar-refractivity contribution < 1.29 is 5.11 Å². The number of aromatic nitrogens is 1. The molecule has 1 heterocycles. The highest BCUT2D eigenvalue weighted by Crippen LogP contribution is 2.36. The third-order valence-corrected chi connectivity index (χ3v) is 2.66. The summed E-state index contributed by atoms with van der Waals surface area (Å²) in [7, 11) is 0. The Bertz CT molecular complexity index is 438. The van der Waals surface area contributed by atoms with Crippen LogP contribution < -0.4 is 0 Å². The zero-order valence-corrected chi connectivity index (χ0v) is 8.28. The number of hydrogen-bond donors (Lipinski definition) is 2. The highest BCUT2D eigenvalue weighted by Gasteiger charge is 2.08. The number of hydrogen-bond acceptors (Lipinski definition) is 1. The molecule has 1 aromatic heterocycles. The van der Waals surface area contributed by atoms with Crippen LogP contribution in [-0.4, -0.2) is 10.1 Å². The van der Waals surface area contributed by atoms with Crippen molar-refractivity contribution in [3.8, 4) is 5.75 Å². The van der Waals surface area contributed by atoms with Crippen molar-refractivity contribution in [2.75, 3.05) is 0 Å². The fourth-order valence-corrected chi connectivity index (χ4v) is 2.04. The summed E-state index contributed by atoms with van der Waals surface area (Å²) in [5.74, 6) is 0.0971. The van der Waals surface area contributed by atoms with Gasteiger partial charge in [-0.2, -0.15) is 0 Å². The van der Waals surface area contributed by atoms with Gasteiger partial charge in [0, 0.05) is 16.1 Å². The Labute approximate surface area is 82.3 Å². The first kappa shape index (κ1) is 7.95. The third kappa shape index (κ3) is 1.01. The van der Waals surface area contributed by atoms with Gasteiger partial charge < -0.3 is 10.1 Å². The normalized spacial score (nSPS) is 10.8. The lowest BCUT2D eigenvalue weighted by atomic mass is 10.2. The van der Waals surface area contributed by atoms with Crippen LogP contribution >= 0.6 is 27.5 Å². The molecule has 0 aliphatic carbocycles. The van der Waals surface area contributed by atoms with E-state index < -0.39 is 0 Å². The van der Waals surface area contributed by atoms with Gasteiger partial charge in [-0.25, -0.2) is 0 Å². The smallest absolute Gasteiger partial charge is 0.158 e. The molecule has 0 saturated heterocycles. The monoisotopic (exact) mass is 245 g/mol. The van der Waals surface area contributed by atoms with Gasteiger partial charge in [0.15, 0.2) is 5.75 Å². The molecule has 0 aliphatic rings. The van der Waals surface area contributed by atoms with Crippen LogP contribution in [0.1, 0.15) is 0 Å². The van der Waals surface area contributed by atoms with Gasteiger partial charge in [-0.3, -0.25) is 0 Å². The lowest BCUT2D eigenvalue weighted by Gasteiger charge is -1.99. The second-order valence-electron chi connectivity index (χ2n) is 2.46. The molecular weight excluding hydrogens is 241 g/mol. The molecule has 0 aliphatic heterocycles. The van der Waals surface area contributed by atoms with Crippen molar-refractivity contribution in [2.24, 2.45) is 0 Å². The molecule has 62 valence electrons. The quantitative estimate of drug-likeness (QED) is 0.735. The predicted molar refractivity (Wildman–Crippen MR) is 52.7 cm³/mol. The molecule has 0 fully saturated rings. The first-order valence-electron chi connectivity index (χ1n) is 3.34. The van der Waals surface area contributed by atoms with Gasteiger partial charge in [-0.05, 0) is 12.1 Å². The van der Waals surface area contributed by atoms with Crippen molar-refractivity contribution >= 4 is 38.4 Å². The molecule has 0 atom stereocenters. The Morgan fingerprint density at radius 2 is 2.25 bits per heavy atom. The standard InChI is InChI=1S/C8H5BrClNO/c9-5-3-6(10)8(12)7-4(5)1-2-11-7/h1-3,11-12H. The van der Waals surface area contributed by atoms with Crippen molar-refractivity contribution in [2.45, 2.75) is 0 Å². The zero-order valence-electron chi connectivity index (χ0n) is 5.94. The number of benzene rings is 1. The number of phenolic OH excluding ortho intramolecular Hbond substituents is 1. The summed E-state index contributed by atoms with van der Waals surface area (Å²) in [6.07, 6.45) is 1.76. The number of rotatable bonds is 0. The molecule has 0 spiro atoms. The Morgan fingerprint density at radius 1 is 1.50 bits per heavy atom. The molecule has 12 heavy (non-hydrogen) atoms. The van der Waals surface area contributed by atoms with E-state index in [1.54, 1.807) is 12.3 Å². The molecule has 2 aromatic rings. The van der Waals surface area contributed by atoms with Crippen LogP contribution in [0, 0.1) is 0 Å². The van der Waals surface area contributed by atoms with E-state index in [0.29, 0.717) is 10.5 Å². The predicted octanol–water partition coefficient (Wildman–Crippen LogP) is 3.29. The Hall–Kier alpha value is -0.670. The van der Waals surface area contributed by atoms with E-state index in [-0.39, 0.29) is 5.75 Å². The fourth-order valence-electron chi connectivity index (χ4n) is 1.14. The second kappa shape index (κ2) is 2.68. The van der Waals surface area contributed by atoms with E-state index in [4.69, 9.17) is 11.6 Å². The molecule has 2 nitrogen and oxygen atoms in total. The van der Waals surface area contributed by atoms with E-state index in [1.807, 2.05) is 6.07 Å². The summed E-state index contributed by atoms with van der Waals surface area (Å²) in [4.78, 5) is 2.91. The Balaban J connectivity index is 2.97. The fraction of sp³-hybridized carbons (Fsp3) is 0. The van der Waals surface area contributed by atoms with Crippen LogP contribution in [0.25, 0.3) is 10.9 Å². The molecule has 1 aromatic carbocycles. The molecule has 0 unspecified atom stereocenters. The number of nitrogens with one attached hydrogen (secondary N) is 1. The van der Waals surface area contributed by atoms with E-state index in [1.165, 1.54) is 0 Å². The maximum atomic E-state index is 9.49. The Morgan fingerprint density at radius 3 is 3.00 bits per heavy atom. The maximum absolute atomic E-state index is 9.49. The minimum absolute atomic E-state index is 0.0971. The van der Waals surface area contributed by atoms with Gasteiger partial charge in [0.25, 0.3) is 0 Å². The van der Waals surface area contributed by atoms with Crippen molar-refractivity contribution in [3.05, 3.63) is 27.8 Å². The summed E-state index contributed by atoms with van der Waals surface area (Å²) < 4.78 is 0.876. The maximum Gasteiger partial charge on any atom is 0.158 e. The number of H-pyrrole nitrogens is 1. The Kier molecular flexibility index (Phi) is 1.77. The van der Waals surface area contributed by atoms with Crippen molar-refractivity contribution in [1.82, 2.24) is 4.98 Å². The zero-order chi connectivity index (χ0) is 8.72. The van der Waals surface area contributed by atoms with Gasteiger partial charge in [0.05, 0.1) is 10.5 Å². The first-order chi connectivity index (χ1) is 5.70. The van der Waals surface area contributed by atoms with Gasteiger partial charge in [-0.15, -0.1) is 0 Å². The van der Waals surface area contributed by atoms with Gasteiger partial charge in [0.2, 0.25) is 0 Å². The molecule has 0 bridgehead atoms. The van der Waals surface area contributed by atoms with Crippen LogP contribution in [-0.2, 0) is 0 Å². The van der Waals surface area contributed by atoms with E-state index >= 15 is 0 Å². The summed E-state index contributed by atoms with van der Waals surface area (Å²) in [5, 5.41) is 10.8. The minimum Gasteiger partial charge on any atom is -0.504 e. The number of phenols is 1. The van der Waals surface area contributed by atoms with Gasteiger partial charge in [0.1, 0.15) is 0 Å². The SMILES string of the molecule is Oc1c(Cl)cc(Br)c2cc[nH]c12. The molecule has 4 heteroatoms. The van der Waals surface area contributed by atoms with E-state index in [0.717, 1.165) is 9.86 Å². The summed E-state index contributed by atoms with van der Waals surface area (Å²) in [6.45, 7) is 0. The topological polar surface area (TPSA) is 36.0 Å². The number of halogens is 2. The summed E-state index contributed by atoms with van der Waals surface area (Å²) in [5.41, 5.74) is 0.661. The average molecular weight is 246 g/mol. The highest BCUT2D eigenvalue weighted by molar-refractivity contribution is 9.10. The van der Waals surface area contributed by atoms with Crippen molar-refractivity contribution in [3.63, 3.8) is 0 Å².